The van der Waals surface area contributed by atoms with Crippen LogP contribution < -0.4 is 41.4 Å². The number of carbonyl (C=O) groups excluding carboxylic acids is 5. The molecule has 2 aliphatic heterocycles. The number of unbranched alkanes of at least 4 members (excludes halogenated alkanes) is 1. The Balaban J connectivity index is 1.19. The van der Waals surface area contributed by atoms with E-state index in [1.165, 1.54) is 26.2 Å². The Labute approximate surface area is 360 Å². The summed E-state index contributed by atoms with van der Waals surface area (Å²) in [6.45, 7) is 7.76. The molecule has 3 rings (SSSR count). The van der Waals surface area contributed by atoms with Crippen molar-refractivity contribution in [1.82, 2.24) is 31.9 Å². The molecule has 0 spiro atoms. The average molecular weight is 886 g/mol. The lowest BCUT2D eigenvalue weighted by molar-refractivity contribution is -0.386. The second-order valence-corrected chi connectivity index (χ2v) is 15.8. The number of nitro benzene ring substituents is 1. The van der Waals surface area contributed by atoms with Crippen molar-refractivity contribution < 1.29 is 57.3 Å². The third kappa shape index (κ3) is 18.2. The number of amides is 6. The molecule has 6 N–H and O–H groups in total. The standard InChI is InChI=1S/C40H61N7O13S/c1-6-13-43-38(50)36(26(2)3)46-40(52)60-27(4)28-23-31(55-5)32(24-30(28)47(53)54)59-16-9-12-35(49)42-15-18-57-20-22-58-21-19-56-17-14-41-34(48)11-8-7-10-33-37-29(25-61-33)44-39(51)45-37/h1,23-24,26-27,29,33,36-37H,7-22,25H2,2-5H3,(H,41,48)(H,42,49)(H,43,50)(H,46,52)(H2,44,45,51)/t27?,29-,33-,36-,37-/m0/s1/i2+1,3+1,26+1,36+1,38+1,46+1. The first-order valence-electron chi connectivity index (χ1n) is 20.5. The van der Waals surface area contributed by atoms with Crippen molar-refractivity contribution in [3.63, 3.8) is 0 Å². The summed E-state index contributed by atoms with van der Waals surface area (Å²) in [6, 6.07) is 1.88. The number of hydrogen-bond acceptors (Lipinski definition) is 14. The summed E-state index contributed by atoms with van der Waals surface area (Å²) < 4.78 is 33.0. The highest BCUT2D eigenvalue weighted by Crippen LogP contribution is 2.39. The van der Waals surface area contributed by atoms with Gasteiger partial charge in [0, 0.05) is 36.9 Å². The topological polar surface area (TPSA) is 256 Å². The number of hydrogen-bond donors (Lipinski definition) is 6. The van der Waals surface area contributed by atoms with Gasteiger partial charge in [-0.15, -0.1) is 6.42 Å². The van der Waals surface area contributed by atoms with Crippen molar-refractivity contribution in [2.75, 3.05) is 78.7 Å². The van der Waals surface area contributed by atoms with Crippen LogP contribution in [0.5, 0.6) is 11.5 Å². The van der Waals surface area contributed by atoms with Crippen LogP contribution in [-0.2, 0) is 33.3 Å². The van der Waals surface area contributed by atoms with Crippen molar-refractivity contribution in [2.24, 2.45) is 5.92 Å². The van der Waals surface area contributed by atoms with Crippen LogP contribution in [0.2, 0.25) is 0 Å². The van der Waals surface area contributed by atoms with E-state index in [9.17, 15) is 34.1 Å². The summed E-state index contributed by atoms with van der Waals surface area (Å²) >= 11 is 1.88. The van der Waals surface area contributed by atoms with Crippen molar-refractivity contribution in [1.29, 1.82) is 0 Å². The fourth-order valence-electron chi connectivity index (χ4n) is 6.42. The van der Waals surface area contributed by atoms with Gasteiger partial charge in [0.15, 0.2) is 11.5 Å². The summed E-state index contributed by atoms with van der Waals surface area (Å²) in [6.07, 6.45) is 6.74. The SMILES string of the molecule is C#CCN[13C](=O)[13C@@H]([15NH]C(=O)OC(C)c1cc(OC)c(OCCCC(=O)NCCOCCOCCOCCNC(=O)CCCC[C@@H]2SC[C@@H]3NC(=O)N[C@@H]32)cc1[N+](=O)[O-])[13CH]([13CH3])[13CH3]. The Hall–Kier alpha value is -5.04. The van der Waals surface area contributed by atoms with Crippen LogP contribution in [0.3, 0.4) is 0 Å². The lowest BCUT2D eigenvalue weighted by Gasteiger charge is -2.22. The van der Waals surface area contributed by atoms with E-state index in [1.807, 2.05) is 11.8 Å². The van der Waals surface area contributed by atoms with Crippen LogP contribution in [0.15, 0.2) is 12.1 Å². The molecule has 0 aliphatic carbocycles. The second kappa shape index (κ2) is 27.7. The number of ether oxygens (including phenoxy) is 6. The molecular formula is C40H61N7O13S. The first-order chi connectivity index (χ1) is 29.3. The van der Waals surface area contributed by atoms with Crippen LogP contribution in [0.4, 0.5) is 15.3 Å². The summed E-state index contributed by atoms with van der Waals surface area (Å²) in [5.74, 6) is 2.41. The predicted octanol–water partition coefficient (Wildman–Crippen LogP) is 2.33. The van der Waals surface area contributed by atoms with E-state index in [0.29, 0.717) is 64.2 Å². The van der Waals surface area contributed by atoms with Gasteiger partial charge >= 0.3 is 12.1 Å². The van der Waals surface area contributed by atoms with Crippen LogP contribution in [-0.4, -0.2) is 137 Å². The Morgan fingerprint density at radius 3 is 2.15 bits per heavy atom. The van der Waals surface area contributed by atoms with Gasteiger partial charge in [-0.25, -0.2) is 9.59 Å². The molecule has 1 unspecified atom stereocenters. The van der Waals surface area contributed by atoms with E-state index in [4.69, 9.17) is 34.8 Å². The van der Waals surface area contributed by atoms with Gasteiger partial charge in [0.2, 0.25) is 17.7 Å². The number of methoxy groups -OCH3 is 1. The van der Waals surface area contributed by atoms with Gasteiger partial charge in [-0.1, -0.05) is 26.2 Å². The second-order valence-electron chi connectivity index (χ2n) is 14.5. The number of benzene rings is 1. The fraction of sp³-hybridized carbons (Fsp3) is 0.675. The molecule has 61 heavy (non-hydrogen) atoms. The quantitative estimate of drug-likeness (QED) is 0.0123. The van der Waals surface area contributed by atoms with Crippen LogP contribution in [0, 0.1) is 28.4 Å². The predicted molar refractivity (Wildman–Crippen MR) is 225 cm³/mol. The fourth-order valence-corrected chi connectivity index (χ4v) is 7.97. The lowest BCUT2D eigenvalue weighted by Crippen LogP contribution is -2.50. The largest absolute Gasteiger partial charge is 0.493 e. The van der Waals surface area contributed by atoms with Gasteiger partial charge in [0.05, 0.1) is 88.5 Å². The number of nitrogens with one attached hydrogen (secondary N) is 6. The van der Waals surface area contributed by atoms with Crippen molar-refractivity contribution >= 4 is 47.3 Å². The van der Waals surface area contributed by atoms with Gasteiger partial charge in [-0.2, -0.15) is 11.8 Å². The smallest absolute Gasteiger partial charge is 0.408 e. The monoisotopic (exact) mass is 885 g/mol. The molecular weight excluding hydrogens is 824 g/mol. The normalized spacial score (nSPS) is 17.5. The summed E-state index contributed by atoms with van der Waals surface area (Å²) in [7, 11) is 1.35. The highest BCUT2D eigenvalue weighted by Gasteiger charge is 2.42. The van der Waals surface area contributed by atoms with E-state index < -0.39 is 29.1 Å². The molecule has 340 valence electrons. The maximum absolute atomic E-state index is 12.7. The zero-order chi connectivity index (χ0) is 44.6. The minimum Gasteiger partial charge on any atom is -0.493 e. The highest BCUT2D eigenvalue weighted by molar-refractivity contribution is 8.00. The summed E-state index contributed by atoms with van der Waals surface area (Å²) in [4.78, 5) is 72.3. The number of urea groups is 1. The molecule has 2 fully saturated rings. The third-order valence-electron chi connectivity index (χ3n) is 9.59. The van der Waals surface area contributed by atoms with E-state index in [-0.39, 0.29) is 84.8 Å². The summed E-state index contributed by atoms with van der Waals surface area (Å²) in [5.41, 5.74) is -0.344. The molecule has 2 aliphatic rings. The zero-order valence-corrected chi connectivity index (χ0v) is 36.2. The molecule has 0 aromatic heterocycles. The van der Waals surface area contributed by atoms with Crippen LogP contribution in [0.25, 0.3) is 0 Å². The average Bonchev–Trinajstić information content (AvgIpc) is 3.79. The third-order valence-corrected chi connectivity index (χ3v) is 11.1. The van der Waals surface area contributed by atoms with Gasteiger partial charge < -0.3 is 60.3 Å². The first kappa shape index (κ1) is 50.3. The van der Waals surface area contributed by atoms with E-state index in [0.717, 1.165) is 25.0 Å². The molecule has 0 radical (unpaired) electrons. The number of carbonyl (C=O) groups is 5. The molecule has 5 atom stereocenters. The molecule has 20 nitrogen and oxygen atoms in total. The van der Waals surface area contributed by atoms with Gasteiger partial charge in [0.25, 0.3) is 5.69 Å². The highest BCUT2D eigenvalue weighted by atomic mass is 32.2. The Kier molecular flexibility index (Phi) is 22.9. The molecule has 0 saturated carbocycles. The van der Waals surface area contributed by atoms with Gasteiger partial charge in [-0.05, 0) is 38.2 Å². The van der Waals surface area contributed by atoms with E-state index in [2.05, 4.69) is 37.8 Å². The number of fused-ring (bicyclic) bond motifs is 1. The van der Waals surface area contributed by atoms with Gasteiger partial charge in [0.1, 0.15) is 12.1 Å². The zero-order valence-electron chi connectivity index (χ0n) is 35.4. The molecule has 1 aromatic rings. The number of rotatable bonds is 30. The van der Waals surface area contributed by atoms with Crippen LogP contribution in [0.1, 0.15) is 71.0 Å². The Bertz CT molecular complexity index is 1650. The maximum atomic E-state index is 12.7. The number of terminal acetylenes is 1. The van der Waals surface area contributed by atoms with E-state index >= 15 is 0 Å². The lowest BCUT2D eigenvalue weighted by atomic mass is 10.0. The van der Waals surface area contributed by atoms with Crippen LogP contribution >= 0.6 is 11.8 Å². The summed E-state index contributed by atoms with van der Waals surface area (Å²) in [5, 5.41) is 28.9. The number of thioether (sulfide) groups is 1. The minimum absolute atomic E-state index is 0.00253. The number of alkyl carbamates (subject to hydrolysis) is 1. The maximum Gasteiger partial charge on any atom is 0.408 e. The molecule has 2 saturated heterocycles. The van der Waals surface area contributed by atoms with Crippen molar-refractivity contribution in [3.8, 4) is 23.8 Å². The van der Waals surface area contributed by atoms with E-state index in [1.54, 1.807) is 13.8 Å². The first-order valence-corrected chi connectivity index (χ1v) is 21.5. The molecule has 21 heteroatoms. The molecule has 0 bridgehead atoms. The minimum atomic E-state index is -1.11. The van der Waals surface area contributed by atoms with Gasteiger partial charge in [-0.3, -0.25) is 24.5 Å². The molecule has 2 heterocycles. The van der Waals surface area contributed by atoms with Crippen molar-refractivity contribution in [2.45, 2.75) is 88.8 Å². The Morgan fingerprint density at radius 1 is 0.902 bits per heavy atom. The number of nitrogens with zero attached hydrogens (tertiary/aromatic N) is 1. The van der Waals surface area contributed by atoms with Crippen molar-refractivity contribution in [3.05, 3.63) is 27.8 Å². The Morgan fingerprint density at radius 2 is 1.54 bits per heavy atom. The number of nitro groups is 1. The molecule has 6 amide bonds. The molecule has 1 aromatic carbocycles.